The van der Waals surface area contributed by atoms with E-state index in [0.29, 0.717) is 44.9 Å². The SMILES string of the molecule is COc1cc(-c2ccc(N=Nc3c(S(=O)(=O)O)cc4c(ccc5nc(-c6cccc(N)c6)[nH]c54)c3O)c(OC)c2)ccc1N=Nc1c(S(=O)(=O)O)cc2cc(N)ccc2c1O. The third-order valence-electron chi connectivity index (χ3n) is 9.69. The van der Waals surface area contributed by atoms with Gasteiger partial charge < -0.3 is 36.1 Å². The maximum atomic E-state index is 12.7. The number of anilines is 2. The number of benzene rings is 7. The Kier molecular flexibility index (Phi) is 9.99. The number of phenolic OH excluding ortho intramolecular Hbond substituents is 2. The molecule has 8 aromatic rings. The lowest BCUT2D eigenvalue weighted by molar-refractivity contribution is 0.415. The molecule has 0 bridgehead atoms. The van der Waals surface area contributed by atoms with Gasteiger partial charge in [-0.1, -0.05) is 24.3 Å². The van der Waals surface area contributed by atoms with Gasteiger partial charge >= 0.3 is 0 Å². The Morgan fingerprint density at radius 2 is 1.15 bits per heavy atom. The molecule has 0 radical (unpaired) electrons. The third-order valence-corrected chi connectivity index (χ3v) is 11.4. The number of rotatable bonds is 10. The summed E-state index contributed by atoms with van der Waals surface area (Å²) in [5.41, 5.74) is 14.5. The average molecular weight is 861 g/mol. The van der Waals surface area contributed by atoms with E-state index in [9.17, 15) is 36.2 Å². The molecule has 0 aliphatic heterocycles. The molecular weight excluding hydrogens is 829 g/mol. The van der Waals surface area contributed by atoms with Gasteiger partial charge in [-0.2, -0.15) is 16.8 Å². The summed E-state index contributed by atoms with van der Waals surface area (Å²) in [6.07, 6.45) is 0. The van der Waals surface area contributed by atoms with Gasteiger partial charge in [-0.05, 0) is 95.4 Å². The topological polar surface area (TPSA) is 298 Å². The van der Waals surface area contributed by atoms with Crippen molar-refractivity contribution >= 4 is 86.9 Å². The average Bonchev–Trinajstić information content (AvgIpc) is 3.67. The van der Waals surface area contributed by atoms with Gasteiger partial charge in [0.25, 0.3) is 20.2 Å². The van der Waals surface area contributed by atoms with Crippen LogP contribution in [-0.2, 0) is 20.2 Å². The zero-order valence-electron chi connectivity index (χ0n) is 31.8. The van der Waals surface area contributed by atoms with Gasteiger partial charge in [0.1, 0.15) is 49.9 Å². The van der Waals surface area contributed by atoms with Crippen molar-refractivity contribution in [3.8, 4) is 45.5 Å². The van der Waals surface area contributed by atoms with E-state index < -0.39 is 52.9 Å². The minimum Gasteiger partial charge on any atom is -0.505 e. The van der Waals surface area contributed by atoms with E-state index in [0.717, 1.165) is 6.07 Å². The zero-order valence-corrected chi connectivity index (χ0v) is 33.4. The van der Waals surface area contributed by atoms with Gasteiger partial charge in [-0.15, -0.1) is 20.5 Å². The lowest BCUT2D eigenvalue weighted by Gasteiger charge is -2.11. The van der Waals surface area contributed by atoms with Crippen LogP contribution < -0.4 is 20.9 Å². The van der Waals surface area contributed by atoms with Gasteiger partial charge in [0.15, 0.2) is 11.5 Å². The van der Waals surface area contributed by atoms with E-state index in [4.69, 9.17) is 20.9 Å². The second kappa shape index (κ2) is 15.2. The van der Waals surface area contributed by atoms with Gasteiger partial charge in [0.05, 0.1) is 25.3 Å². The fourth-order valence-electron chi connectivity index (χ4n) is 6.77. The lowest BCUT2D eigenvalue weighted by Crippen LogP contribution is -1.99. The van der Waals surface area contributed by atoms with Gasteiger partial charge in [-0.25, -0.2) is 4.98 Å². The van der Waals surface area contributed by atoms with Crippen molar-refractivity contribution in [1.82, 2.24) is 9.97 Å². The summed E-state index contributed by atoms with van der Waals surface area (Å²) in [6, 6.07) is 26.5. The van der Waals surface area contributed by atoms with Crippen molar-refractivity contribution in [2.75, 3.05) is 25.7 Å². The molecule has 0 amide bonds. The molecule has 8 rings (SSSR count). The van der Waals surface area contributed by atoms with Crippen LogP contribution in [0.15, 0.2) is 133 Å². The molecule has 1 heterocycles. The minimum absolute atomic E-state index is 0.132. The maximum absolute atomic E-state index is 12.7. The quantitative estimate of drug-likeness (QED) is 0.0384. The van der Waals surface area contributed by atoms with E-state index >= 15 is 0 Å². The van der Waals surface area contributed by atoms with Crippen molar-refractivity contribution in [2.24, 2.45) is 20.5 Å². The van der Waals surface area contributed by atoms with E-state index in [1.807, 2.05) is 0 Å². The molecule has 0 aliphatic carbocycles. The highest BCUT2D eigenvalue weighted by Gasteiger charge is 2.25. The molecule has 0 saturated heterocycles. The number of H-pyrrole nitrogens is 1. The van der Waals surface area contributed by atoms with Crippen molar-refractivity contribution in [3.63, 3.8) is 0 Å². The molecule has 20 heteroatoms. The molecule has 0 atom stereocenters. The summed E-state index contributed by atoms with van der Waals surface area (Å²) in [5.74, 6) is -0.270. The molecule has 61 heavy (non-hydrogen) atoms. The first-order valence-electron chi connectivity index (χ1n) is 17.8. The van der Waals surface area contributed by atoms with Crippen LogP contribution in [0.5, 0.6) is 23.0 Å². The first kappa shape index (κ1) is 40.1. The van der Waals surface area contributed by atoms with Crippen LogP contribution in [0.2, 0.25) is 0 Å². The Morgan fingerprint density at radius 1 is 0.590 bits per heavy atom. The Hall–Kier alpha value is -7.65. The number of methoxy groups -OCH3 is 2. The minimum atomic E-state index is -4.96. The first-order chi connectivity index (χ1) is 29.0. The van der Waals surface area contributed by atoms with Crippen LogP contribution in [0, 0.1) is 0 Å². The number of nitrogens with two attached hydrogens (primary N) is 2. The number of hydrogen-bond acceptors (Lipinski definition) is 15. The Labute approximate surface area is 346 Å². The summed E-state index contributed by atoms with van der Waals surface area (Å²) in [6.45, 7) is 0. The normalized spacial score (nSPS) is 12.3. The maximum Gasteiger partial charge on any atom is 0.296 e. The monoisotopic (exact) mass is 860 g/mol. The number of phenols is 2. The summed E-state index contributed by atoms with van der Waals surface area (Å²) >= 11 is 0. The largest absolute Gasteiger partial charge is 0.505 e. The van der Waals surface area contributed by atoms with E-state index in [1.54, 1.807) is 60.7 Å². The third kappa shape index (κ3) is 7.58. The van der Waals surface area contributed by atoms with Gasteiger partial charge in [0, 0.05) is 33.1 Å². The van der Waals surface area contributed by atoms with Crippen LogP contribution in [-0.4, -0.2) is 60.3 Å². The standard InChI is InChI=1S/C41H32N8O10S2/c1-58-32-16-20(6-11-29(32)46-48-37-34(60(52,53)54)18-23-15-25(43)8-9-26(23)39(37)50)21-7-12-30(33(17-21)59-2)47-49-38-35(61(55,56)57)19-28-27(40(38)51)10-13-31-36(28)45-41(44-31)22-4-3-5-24(42)14-22/h3-19,50-51H,42-43H2,1-2H3,(H,44,45)(H,52,53,54)(H,55,56,57). The summed E-state index contributed by atoms with van der Waals surface area (Å²) in [5, 5.41) is 39.7. The number of azo groups is 2. The molecule has 1 aromatic heterocycles. The molecule has 9 N–H and O–H groups in total. The lowest BCUT2D eigenvalue weighted by atomic mass is 10.0. The number of aromatic nitrogens is 2. The molecule has 0 fully saturated rings. The number of ether oxygens (including phenoxy) is 2. The van der Waals surface area contributed by atoms with Crippen molar-refractivity contribution in [3.05, 3.63) is 103 Å². The number of nitrogen functional groups attached to an aromatic ring is 2. The Balaban J connectivity index is 1.13. The summed E-state index contributed by atoms with van der Waals surface area (Å²) in [4.78, 5) is 6.35. The highest BCUT2D eigenvalue weighted by Crippen LogP contribution is 2.46. The van der Waals surface area contributed by atoms with Crippen molar-refractivity contribution in [1.29, 1.82) is 0 Å². The molecule has 7 aromatic carbocycles. The number of aromatic hydroxyl groups is 2. The second-order valence-corrected chi connectivity index (χ2v) is 16.3. The van der Waals surface area contributed by atoms with Crippen molar-refractivity contribution < 1.29 is 45.6 Å². The fraction of sp³-hybridized carbons (Fsp3) is 0.0488. The summed E-state index contributed by atoms with van der Waals surface area (Å²) < 4.78 is 81.3. The number of nitrogens with zero attached hydrogens (tertiary/aromatic N) is 5. The van der Waals surface area contributed by atoms with Crippen LogP contribution in [0.25, 0.3) is 55.1 Å². The molecule has 0 unspecified atom stereocenters. The fourth-order valence-corrected chi connectivity index (χ4v) is 8.07. The smallest absolute Gasteiger partial charge is 0.296 e. The van der Waals surface area contributed by atoms with E-state index in [-0.39, 0.29) is 44.4 Å². The number of fused-ring (bicyclic) bond motifs is 4. The molecule has 0 aliphatic rings. The van der Waals surface area contributed by atoms with Crippen LogP contribution >= 0.6 is 0 Å². The van der Waals surface area contributed by atoms with E-state index in [2.05, 4.69) is 30.4 Å². The molecule has 0 spiro atoms. The predicted molar refractivity (Wildman–Crippen MR) is 228 cm³/mol. The van der Waals surface area contributed by atoms with Crippen LogP contribution in [0.4, 0.5) is 34.1 Å². The van der Waals surface area contributed by atoms with Gasteiger partial charge in [-0.3, -0.25) is 9.11 Å². The predicted octanol–water partition coefficient (Wildman–Crippen LogP) is 9.12. The van der Waals surface area contributed by atoms with Crippen molar-refractivity contribution in [2.45, 2.75) is 9.79 Å². The zero-order chi connectivity index (χ0) is 43.4. The van der Waals surface area contributed by atoms with Crippen LogP contribution in [0.3, 0.4) is 0 Å². The second-order valence-electron chi connectivity index (χ2n) is 13.5. The number of nitrogens with one attached hydrogen (secondary N) is 1. The highest BCUT2D eigenvalue weighted by molar-refractivity contribution is 7.86. The summed E-state index contributed by atoms with van der Waals surface area (Å²) in [7, 11) is -7.06. The van der Waals surface area contributed by atoms with Gasteiger partial charge in [0.2, 0.25) is 0 Å². The highest BCUT2D eigenvalue weighted by atomic mass is 32.2. The molecular formula is C41H32N8O10S2. The Morgan fingerprint density at radius 3 is 1.72 bits per heavy atom. The molecule has 18 nitrogen and oxygen atoms in total. The van der Waals surface area contributed by atoms with E-state index in [1.165, 1.54) is 50.6 Å². The molecule has 308 valence electrons. The first-order valence-corrected chi connectivity index (χ1v) is 20.7. The number of hydrogen-bond donors (Lipinski definition) is 7. The molecule has 0 saturated carbocycles. The number of aromatic amines is 1. The van der Waals surface area contributed by atoms with Crippen LogP contribution in [0.1, 0.15) is 0 Å². The number of imidazole rings is 1. The Bertz CT molecular complexity index is 3410.